The van der Waals surface area contributed by atoms with Crippen molar-refractivity contribution in [2.75, 3.05) is 29.6 Å². The highest BCUT2D eigenvalue weighted by Gasteiger charge is 2.05. The maximum absolute atomic E-state index is 12.2. The maximum Gasteiger partial charge on any atom is 0.224 e. The van der Waals surface area contributed by atoms with Crippen LogP contribution in [0.4, 0.5) is 22.9 Å². The highest BCUT2D eigenvalue weighted by molar-refractivity contribution is 6.30. The third-order valence-corrected chi connectivity index (χ3v) is 4.36. The van der Waals surface area contributed by atoms with Gasteiger partial charge in [-0.3, -0.25) is 4.79 Å². The molecule has 0 aliphatic heterocycles. The molecule has 144 valence electrons. The highest BCUT2D eigenvalue weighted by Crippen LogP contribution is 2.20. The molecule has 0 unspecified atom stereocenters. The number of aryl methyl sites for hydroxylation is 1. The summed E-state index contributed by atoms with van der Waals surface area (Å²) in [5.41, 5.74) is 3.61. The summed E-state index contributed by atoms with van der Waals surface area (Å²) in [5.74, 6) is 0.620. The van der Waals surface area contributed by atoms with E-state index in [1.54, 1.807) is 6.20 Å². The molecule has 2 aromatic carbocycles. The summed E-state index contributed by atoms with van der Waals surface area (Å²) >= 11 is 5.97. The van der Waals surface area contributed by atoms with Crippen LogP contribution in [0.15, 0.2) is 60.8 Å². The molecule has 0 spiro atoms. The summed E-state index contributed by atoms with van der Waals surface area (Å²) in [6.07, 6.45) is 2.74. The van der Waals surface area contributed by atoms with Crippen molar-refractivity contribution in [3.8, 4) is 0 Å². The minimum absolute atomic E-state index is 0.0368. The molecular formula is C21H22ClN5O. The Bertz CT molecular complexity index is 944. The van der Waals surface area contributed by atoms with Crippen LogP contribution in [0.2, 0.25) is 5.02 Å². The molecule has 28 heavy (non-hydrogen) atoms. The lowest BCUT2D eigenvalue weighted by molar-refractivity contribution is -0.116. The molecule has 2 N–H and O–H groups in total. The molecule has 0 saturated carbocycles. The fourth-order valence-electron chi connectivity index (χ4n) is 2.62. The molecule has 3 rings (SSSR count). The number of hydrogen-bond donors (Lipinski definition) is 2. The van der Waals surface area contributed by atoms with Gasteiger partial charge in [-0.1, -0.05) is 23.7 Å². The summed E-state index contributed by atoms with van der Waals surface area (Å²) in [5, 5.41) is 14.9. The van der Waals surface area contributed by atoms with Gasteiger partial charge in [-0.05, 0) is 48.4 Å². The van der Waals surface area contributed by atoms with Crippen LogP contribution in [0.1, 0.15) is 12.0 Å². The van der Waals surface area contributed by atoms with Gasteiger partial charge in [0.1, 0.15) is 0 Å². The van der Waals surface area contributed by atoms with Gasteiger partial charge in [-0.15, -0.1) is 5.10 Å². The number of amides is 1. The Balaban J connectivity index is 1.54. The second-order valence-corrected chi connectivity index (χ2v) is 7.01. The van der Waals surface area contributed by atoms with Crippen molar-refractivity contribution < 1.29 is 4.79 Å². The van der Waals surface area contributed by atoms with E-state index >= 15 is 0 Å². The lowest BCUT2D eigenvalue weighted by Gasteiger charge is -2.13. The average Bonchev–Trinajstić information content (AvgIpc) is 2.68. The smallest absolute Gasteiger partial charge is 0.224 e. The molecule has 0 fully saturated rings. The Hall–Kier alpha value is -3.12. The molecular weight excluding hydrogens is 374 g/mol. The van der Waals surface area contributed by atoms with E-state index in [-0.39, 0.29) is 5.91 Å². The SMILES string of the molecule is CN(C)c1cnnc(Nc2ccc(NC(=O)CCc3cccc(Cl)c3)cc2)c1. The molecule has 0 atom stereocenters. The Morgan fingerprint density at radius 3 is 2.54 bits per heavy atom. The Morgan fingerprint density at radius 1 is 1.07 bits per heavy atom. The molecule has 0 aliphatic rings. The minimum atomic E-state index is -0.0368. The van der Waals surface area contributed by atoms with Crippen LogP contribution in [-0.2, 0) is 11.2 Å². The van der Waals surface area contributed by atoms with Crippen molar-refractivity contribution in [1.29, 1.82) is 0 Å². The van der Waals surface area contributed by atoms with Gasteiger partial charge in [0.2, 0.25) is 5.91 Å². The second kappa shape index (κ2) is 9.19. The first kappa shape index (κ1) is 19.6. The third-order valence-electron chi connectivity index (χ3n) is 4.13. The van der Waals surface area contributed by atoms with Crippen LogP contribution in [0.5, 0.6) is 0 Å². The number of rotatable bonds is 7. The molecule has 7 heteroatoms. The van der Waals surface area contributed by atoms with Crippen molar-refractivity contribution in [1.82, 2.24) is 10.2 Å². The van der Waals surface area contributed by atoms with Gasteiger partial charge in [0.05, 0.1) is 11.9 Å². The van der Waals surface area contributed by atoms with Crippen molar-refractivity contribution in [3.63, 3.8) is 0 Å². The molecule has 1 heterocycles. The predicted octanol–water partition coefficient (Wildman–Crippen LogP) is 4.51. The normalized spacial score (nSPS) is 10.4. The number of benzene rings is 2. The molecule has 0 aliphatic carbocycles. The molecule has 0 radical (unpaired) electrons. The van der Waals surface area contributed by atoms with Crippen LogP contribution < -0.4 is 15.5 Å². The first-order valence-electron chi connectivity index (χ1n) is 8.91. The molecule has 0 bridgehead atoms. The van der Waals surface area contributed by atoms with Gasteiger partial charge in [0, 0.05) is 43.0 Å². The van der Waals surface area contributed by atoms with E-state index in [0.29, 0.717) is 23.7 Å². The van der Waals surface area contributed by atoms with Crippen molar-refractivity contribution in [3.05, 3.63) is 71.4 Å². The topological polar surface area (TPSA) is 70.2 Å². The largest absolute Gasteiger partial charge is 0.376 e. The van der Waals surface area contributed by atoms with E-state index in [0.717, 1.165) is 22.6 Å². The zero-order valence-electron chi connectivity index (χ0n) is 15.8. The minimum Gasteiger partial charge on any atom is -0.376 e. The average molecular weight is 396 g/mol. The number of nitrogens with one attached hydrogen (secondary N) is 2. The number of anilines is 4. The number of hydrogen-bond acceptors (Lipinski definition) is 5. The van der Waals surface area contributed by atoms with Crippen LogP contribution in [0.25, 0.3) is 0 Å². The third kappa shape index (κ3) is 5.69. The molecule has 1 aromatic heterocycles. The number of carbonyl (C=O) groups is 1. The van der Waals surface area contributed by atoms with E-state index in [1.165, 1.54) is 0 Å². The predicted molar refractivity (Wildman–Crippen MR) is 114 cm³/mol. The van der Waals surface area contributed by atoms with Crippen LogP contribution in [-0.4, -0.2) is 30.2 Å². The highest BCUT2D eigenvalue weighted by atomic mass is 35.5. The van der Waals surface area contributed by atoms with Gasteiger partial charge < -0.3 is 15.5 Å². The van der Waals surface area contributed by atoms with E-state index in [4.69, 9.17) is 11.6 Å². The first-order valence-corrected chi connectivity index (χ1v) is 9.29. The Kier molecular flexibility index (Phi) is 6.45. The zero-order chi connectivity index (χ0) is 19.9. The van der Waals surface area contributed by atoms with Gasteiger partial charge in [-0.2, -0.15) is 5.10 Å². The number of nitrogens with zero attached hydrogens (tertiary/aromatic N) is 3. The van der Waals surface area contributed by atoms with Gasteiger partial charge in [0.15, 0.2) is 5.82 Å². The number of halogens is 1. The molecule has 3 aromatic rings. The maximum atomic E-state index is 12.2. The van der Waals surface area contributed by atoms with Gasteiger partial charge >= 0.3 is 0 Å². The van der Waals surface area contributed by atoms with Crippen molar-refractivity contribution in [2.24, 2.45) is 0 Å². The second-order valence-electron chi connectivity index (χ2n) is 6.57. The van der Waals surface area contributed by atoms with Crippen LogP contribution in [0, 0.1) is 0 Å². The van der Waals surface area contributed by atoms with E-state index in [9.17, 15) is 4.79 Å². The van der Waals surface area contributed by atoms with Crippen molar-refractivity contribution >= 4 is 40.4 Å². The molecule has 1 amide bonds. The van der Waals surface area contributed by atoms with Crippen LogP contribution >= 0.6 is 11.6 Å². The standard InChI is InChI=1S/C21H22ClN5O/c1-27(2)19-13-20(26-23-14-19)24-17-7-9-18(10-8-17)25-21(28)11-6-15-4-3-5-16(22)12-15/h3-5,7-10,12-14H,6,11H2,1-2H3,(H,24,26)(H,25,28). The van der Waals surface area contributed by atoms with Crippen LogP contribution in [0.3, 0.4) is 0 Å². The quantitative estimate of drug-likeness (QED) is 0.615. The Morgan fingerprint density at radius 2 is 1.82 bits per heavy atom. The fraction of sp³-hybridized carbons (Fsp3) is 0.190. The van der Waals surface area contributed by atoms with E-state index in [1.807, 2.05) is 73.6 Å². The lowest BCUT2D eigenvalue weighted by Crippen LogP contribution is -2.12. The first-order chi connectivity index (χ1) is 13.5. The number of carbonyl (C=O) groups excluding carboxylic acids is 1. The van der Waals surface area contributed by atoms with Gasteiger partial charge in [0.25, 0.3) is 0 Å². The summed E-state index contributed by atoms with van der Waals surface area (Å²) in [4.78, 5) is 14.1. The summed E-state index contributed by atoms with van der Waals surface area (Å²) in [7, 11) is 3.90. The number of aromatic nitrogens is 2. The summed E-state index contributed by atoms with van der Waals surface area (Å²) in [6.45, 7) is 0. The summed E-state index contributed by atoms with van der Waals surface area (Å²) in [6, 6.07) is 16.9. The van der Waals surface area contributed by atoms with Crippen molar-refractivity contribution in [2.45, 2.75) is 12.8 Å². The van der Waals surface area contributed by atoms with E-state index in [2.05, 4.69) is 20.8 Å². The molecule has 6 nitrogen and oxygen atoms in total. The lowest BCUT2D eigenvalue weighted by atomic mass is 10.1. The van der Waals surface area contributed by atoms with Gasteiger partial charge in [-0.25, -0.2) is 0 Å². The fourth-order valence-corrected chi connectivity index (χ4v) is 2.83. The Labute approximate surface area is 169 Å². The summed E-state index contributed by atoms with van der Waals surface area (Å²) < 4.78 is 0. The van der Waals surface area contributed by atoms with E-state index < -0.39 is 0 Å². The molecule has 0 saturated heterocycles. The monoisotopic (exact) mass is 395 g/mol. The zero-order valence-corrected chi connectivity index (χ0v) is 16.6.